The van der Waals surface area contributed by atoms with Crippen LogP contribution >= 0.6 is 0 Å². The van der Waals surface area contributed by atoms with Gasteiger partial charge in [-0.15, -0.1) is 0 Å². The average Bonchev–Trinajstić information content (AvgIpc) is 0. The molecule has 3 nitrogen and oxygen atoms in total. The van der Waals surface area contributed by atoms with Crippen LogP contribution in [0.5, 0.6) is 0 Å². The monoisotopic (exact) mass is 143 g/mol. The second-order valence-electron chi connectivity index (χ2n) is 0. The molecule has 4 heteroatoms. The van der Waals surface area contributed by atoms with Crippen molar-refractivity contribution in [2.45, 2.75) is 0 Å². The Hall–Kier alpha value is 0.984. The van der Waals surface area contributed by atoms with Crippen LogP contribution in [-0.2, 0) is 32.7 Å². The number of hydrogen-bond acceptors (Lipinski definition) is 0. The predicted octanol–water partition coefficient (Wildman–Crippen LogP) is -2.48. The van der Waals surface area contributed by atoms with E-state index in [1.165, 1.54) is 0 Å². The molecule has 0 amide bonds. The Balaban J connectivity index is 0. The molecule has 0 atom stereocenters. The van der Waals surface area contributed by atoms with Crippen molar-refractivity contribution in [1.29, 1.82) is 0 Å². The van der Waals surface area contributed by atoms with Gasteiger partial charge in [-0.3, -0.25) is 0 Å². The second-order valence-corrected chi connectivity index (χ2v) is 0. The molecule has 0 rings (SSSR count). The first-order valence-corrected chi connectivity index (χ1v) is 0. The van der Waals surface area contributed by atoms with E-state index in [4.69, 9.17) is 0 Å². The summed E-state index contributed by atoms with van der Waals surface area (Å²) in [6.07, 6.45) is 0. The third-order valence-electron chi connectivity index (χ3n) is 0. The smallest absolute Gasteiger partial charge is 0 e. The molecular formula is H6O3Y. The first-order chi connectivity index (χ1) is 0. The van der Waals surface area contributed by atoms with Crippen LogP contribution in [-0.4, -0.2) is 16.4 Å². The standard InChI is InChI=1S/3H2O.Y/h3*1H2;. The van der Waals surface area contributed by atoms with Crippen molar-refractivity contribution >= 4 is 0 Å². The topological polar surface area (TPSA) is 94.5 Å². The fourth-order valence-electron chi connectivity index (χ4n) is 0. The third kappa shape index (κ3) is 12.1. The van der Waals surface area contributed by atoms with Crippen LogP contribution in [0.2, 0.25) is 0 Å². The van der Waals surface area contributed by atoms with E-state index in [0.717, 1.165) is 0 Å². The van der Waals surface area contributed by atoms with E-state index in [9.17, 15) is 0 Å². The Kier molecular flexibility index (Phi) is 749. The van der Waals surface area contributed by atoms with Crippen molar-refractivity contribution in [3.05, 3.63) is 0 Å². The largest absolute Gasteiger partial charge is 0.412 e. The molecule has 0 heterocycles. The van der Waals surface area contributed by atoms with Gasteiger partial charge in [0.15, 0.2) is 0 Å². The fraction of sp³-hybridized carbons (Fsp3) is 0. The zero-order chi connectivity index (χ0) is 0. The van der Waals surface area contributed by atoms with Gasteiger partial charge in [0.1, 0.15) is 0 Å². The van der Waals surface area contributed by atoms with E-state index >= 15 is 0 Å². The summed E-state index contributed by atoms with van der Waals surface area (Å²) in [6, 6.07) is 0. The van der Waals surface area contributed by atoms with Crippen molar-refractivity contribution in [2.24, 2.45) is 0 Å². The van der Waals surface area contributed by atoms with Gasteiger partial charge in [-0.05, 0) is 0 Å². The second kappa shape index (κ2) is 36.6. The van der Waals surface area contributed by atoms with Gasteiger partial charge in [0.25, 0.3) is 0 Å². The number of rotatable bonds is 0. The van der Waals surface area contributed by atoms with Crippen LogP contribution in [0.4, 0.5) is 0 Å². The zero-order valence-corrected chi connectivity index (χ0v) is 4.92. The summed E-state index contributed by atoms with van der Waals surface area (Å²) < 4.78 is 0. The van der Waals surface area contributed by atoms with Gasteiger partial charge in [-0.1, -0.05) is 0 Å². The maximum atomic E-state index is 0. The first kappa shape index (κ1) is 81.7. The van der Waals surface area contributed by atoms with Gasteiger partial charge in [0.05, 0.1) is 0 Å². The molecule has 1 radical (unpaired) electrons. The van der Waals surface area contributed by atoms with E-state index in [1.807, 2.05) is 0 Å². The minimum Gasteiger partial charge on any atom is -0.412 e. The molecular weight excluding hydrogens is 137 g/mol. The summed E-state index contributed by atoms with van der Waals surface area (Å²) in [7, 11) is 0. The van der Waals surface area contributed by atoms with Gasteiger partial charge in [-0.25, -0.2) is 0 Å². The summed E-state index contributed by atoms with van der Waals surface area (Å²) in [5, 5.41) is 0. The molecule has 0 spiro atoms. The predicted molar refractivity (Wildman–Crippen MR) is 10.8 cm³/mol. The molecule has 0 saturated heterocycles. The van der Waals surface area contributed by atoms with Crippen molar-refractivity contribution < 1.29 is 49.1 Å². The summed E-state index contributed by atoms with van der Waals surface area (Å²) in [4.78, 5) is 0. The maximum absolute atomic E-state index is 0. The normalized spacial score (nSPS) is 0. The maximum Gasteiger partial charge on any atom is 0 e. The fourth-order valence-corrected chi connectivity index (χ4v) is 0. The van der Waals surface area contributed by atoms with E-state index in [-0.39, 0.29) is 49.1 Å². The molecule has 0 aliphatic rings. The van der Waals surface area contributed by atoms with E-state index in [1.54, 1.807) is 0 Å². The van der Waals surface area contributed by atoms with E-state index in [2.05, 4.69) is 0 Å². The van der Waals surface area contributed by atoms with Crippen molar-refractivity contribution in [3.8, 4) is 0 Å². The van der Waals surface area contributed by atoms with Gasteiger partial charge < -0.3 is 16.4 Å². The molecule has 0 aromatic carbocycles. The van der Waals surface area contributed by atoms with Crippen LogP contribution in [0.25, 0.3) is 0 Å². The summed E-state index contributed by atoms with van der Waals surface area (Å²) in [6.45, 7) is 0. The molecule has 0 fully saturated rings. The van der Waals surface area contributed by atoms with Gasteiger partial charge in [0.2, 0.25) is 0 Å². The van der Waals surface area contributed by atoms with Crippen LogP contribution < -0.4 is 0 Å². The van der Waals surface area contributed by atoms with Crippen LogP contribution in [0.3, 0.4) is 0 Å². The molecule has 6 N–H and O–H groups in total. The molecule has 0 unspecified atom stereocenters. The van der Waals surface area contributed by atoms with Crippen molar-refractivity contribution in [1.82, 2.24) is 0 Å². The summed E-state index contributed by atoms with van der Waals surface area (Å²) >= 11 is 0. The number of hydrogen-bond donors (Lipinski definition) is 0. The molecule has 0 aromatic heterocycles. The molecule has 0 saturated carbocycles. The molecule has 4 heavy (non-hydrogen) atoms. The van der Waals surface area contributed by atoms with Crippen LogP contribution in [0, 0.1) is 0 Å². The van der Waals surface area contributed by atoms with Crippen LogP contribution in [0.15, 0.2) is 0 Å². The van der Waals surface area contributed by atoms with Gasteiger partial charge in [-0.2, -0.15) is 0 Å². The minimum atomic E-state index is 0. The Bertz CT molecular complexity index is 3.25. The van der Waals surface area contributed by atoms with Gasteiger partial charge in [0, 0.05) is 32.7 Å². The Morgan fingerprint density at radius 2 is 0.500 bits per heavy atom. The average molecular weight is 143 g/mol. The third-order valence-corrected chi connectivity index (χ3v) is 0. The van der Waals surface area contributed by atoms with Gasteiger partial charge >= 0.3 is 0 Å². The first-order valence-electron chi connectivity index (χ1n) is 0. The molecule has 27 valence electrons. The zero-order valence-electron chi connectivity index (χ0n) is 2.08. The molecule has 0 aliphatic carbocycles. The van der Waals surface area contributed by atoms with Crippen molar-refractivity contribution in [3.63, 3.8) is 0 Å². The van der Waals surface area contributed by atoms with Crippen LogP contribution in [0.1, 0.15) is 0 Å². The molecule has 0 aromatic rings. The Morgan fingerprint density at radius 3 is 0.500 bits per heavy atom. The van der Waals surface area contributed by atoms with Crippen molar-refractivity contribution in [2.75, 3.05) is 0 Å². The SMILES string of the molecule is O.O.O.[Y]. The Labute approximate surface area is 49.2 Å². The Morgan fingerprint density at radius 1 is 0.500 bits per heavy atom. The molecule has 0 aliphatic heterocycles. The summed E-state index contributed by atoms with van der Waals surface area (Å²) in [5.74, 6) is 0. The quantitative estimate of drug-likeness (QED) is 0.359. The minimum absolute atomic E-state index is 0. The van der Waals surface area contributed by atoms with E-state index in [0.29, 0.717) is 0 Å². The molecule has 0 bridgehead atoms. The van der Waals surface area contributed by atoms with E-state index < -0.39 is 0 Å². The summed E-state index contributed by atoms with van der Waals surface area (Å²) in [5.41, 5.74) is 0.